The molecule has 0 amide bonds. The first kappa shape index (κ1) is 14.2. The first-order valence-electron chi connectivity index (χ1n) is 6.92. The average Bonchev–Trinajstić information content (AvgIpc) is 3.11. The molecule has 2 heterocycles. The molecule has 3 rings (SSSR count). The molecule has 2 aromatic heterocycles. The summed E-state index contributed by atoms with van der Waals surface area (Å²) in [6.07, 6.45) is 6.61. The first-order valence-corrected chi connectivity index (χ1v) is 8.00. The summed E-state index contributed by atoms with van der Waals surface area (Å²) in [6, 6.07) is 8.31. The van der Waals surface area contributed by atoms with E-state index < -0.39 is 0 Å². The van der Waals surface area contributed by atoms with Gasteiger partial charge in [-0.3, -0.25) is 4.68 Å². The van der Waals surface area contributed by atoms with Gasteiger partial charge in [-0.2, -0.15) is 10.2 Å². The second kappa shape index (κ2) is 6.38. The Labute approximate surface area is 137 Å². The zero-order valence-corrected chi connectivity index (χ0v) is 13.9. The highest BCUT2D eigenvalue weighted by atomic mass is 127. The monoisotopic (exact) mass is 393 g/mol. The van der Waals surface area contributed by atoms with E-state index in [-0.39, 0.29) is 0 Å². The van der Waals surface area contributed by atoms with Gasteiger partial charge in [0.1, 0.15) is 18.7 Å². The van der Waals surface area contributed by atoms with E-state index in [0.29, 0.717) is 6.54 Å². The van der Waals surface area contributed by atoms with E-state index in [1.165, 1.54) is 9.13 Å². The van der Waals surface area contributed by atoms with Crippen LogP contribution in [0.15, 0.2) is 43.0 Å². The first-order chi connectivity index (χ1) is 10.3. The summed E-state index contributed by atoms with van der Waals surface area (Å²) >= 11 is 2.35. The highest BCUT2D eigenvalue weighted by Gasteiger charge is 2.08. The lowest BCUT2D eigenvalue weighted by Crippen LogP contribution is -2.10. The van der Waals surface area contributed by atoms with Crippen molar-refractivity contribution in [1.29, 1.82) is 0 Å². The number of hydrogen-bond acceptors (Lipinski definition) is 3. The third-order valence-electron chi connectivity index (χ3n) is 3.25. The van der Waals surface area contributed by atoms with Crippen molar-refractivity contribution in [2.24, 2.45) is 0 Å². The number of halogens is 1. The second-order valence-electron chi connectivity index (χ2n) is 4.81. The summed E-state index contributed by atoms with van der Waals surface area (Å²) in [5, 5.41) is 8.69. The average molecular weight is 393 g/mol. The number of rotatable bonds is 5. The smallest absolute Gasteiger partial charge is 0.148 e. The fourth-order valence-electron chi connectivity index (χ4n) is 2.24. The van der Waals surface area contributed by atoms with Crippen molar-refractivity contribution in [3.63, 3.8) is 0 Å². The molecule has 0 aliphatic heterocycles. The molecular weight excluding hydrogens is 377 g/mol. The lowest BCUT2D eigenvalue weighted by molar-refractivity contribution is 0.539. The molecular formula is C15H16IN5. The molecule has 0 radical (unpaired) electrons. The topological polar surface area (TPSA) is 48.5 Å². The molecule has 0 N–H and O–H groups in total. The van der Waals surface area contributed by atoms with Crippen LogP contribution in [0.25, 0.3) is 11.1 Å². The minimum absolute atomic E-state index is 0.642. The second-order valence-corrected chi connectivity index (χ2v) is 5.97. The van der Waals surface area contributed by atoms with Crippen molar-refractivity contribution in [2.75, 3.05) is 0 Å². The number of aromatic nitrogens is 5. The van der Waals surface area contributed by atoms with Gasteiger partial charge in [0.05, 0.1) is 6.20 Å². The van der Waals surface area contributed by atoms with Gasteiger partial charge in [-0.25, -0.2) is 9.67 Å². The molecule has 0 fully saturated rings. The van der Waals surface area contributed by atoms with E-state index in [1.54, 1.807) is 6.33 Å². The van der Waals surface area contributed by atoms with E-state index in [0.717, 1.165) is 24.4 Å². The predicted molar refractivity (Wildman–Crippen MR) is 89.8 cm³/mol. The van der Waals surface area contributed by atoms with Crippen molar-refractivity contribution in [2.45, 2.75) is 26.4 Å². The fraction of sp³-hybridized carbons (Fsp3) is 0.267. The number of nitrogens with zero attached hydrogens (tertiary/aromatic N) is 5. The zero-order valence-electron chi connectivity index (χ0n) is 11.8. The molecule has 0 unspecified atom stereocenters. The van der Waals surface area contributed by atoms with Crippen molar-refractivity contribution < 1.29 is 0 Å². The third-order valence-corrected chi connectivity index (χ3v) is 4.19. The summed E-state index contributed by atoms with van der Waals surface area (Å²) < 4.78 is 5.08. The summed E-state index contributed by atoms with van der Waals surface area (Å²) in [7, 11) is 0. The Morgan fingerprint density at radius 3 is 2.86 bits per heavy atom. The standard InChI is InChI=1S/C15H16IN5/c1-2-7-21-15(17-11-19-21)10-20-9-12(8-18-20)13-5-3-4-6-14(13)16/h3-6,8-9,11H,2,7,10H2,1H3. The van der Waals surface area contributed by atoms with Gasteiger partial charge in [0, 0.05) is 21.9 Å². The van der Waals surface area contributed by atoms with E-state index in [1.807, 2.05) is 27.7 Å². The van der Waals surface area contributed by atoms with Crippen molar-refractivity contribution in [3.05, 3.63) is 52.4 Å². The maximum Gasteiger partial charge on any atom is 0.148 e. The van der Waals surface area contributed by atoms with Gasteiger partial charge in [0.2, 0.25) is 0 Å². The molecule has 0 atom stereocenters. The van der Waals surface area contributed by atoms with Gasteiger partial charge in [-0.15, -0.1) is 0 Å². The predicted octanol–water partition coefficient (Wildman–Crippen LogP) is 3.20. The van der Waals surface area contributed by atoms with Crippen LogP contribution in [0.2, 0.25) is 0 Å². The normalized spacial score (nSPS) is 11.0. The Morgan fingerprint density at radius 2 is 2.05 bits per heavy atom. The highest BCUT2D eigenvalue weighted by molar-refractivity contribution is 14.1. The number of benzene rings is 1. The minimum atomic E-state index is 0.642. The molecule has 0 spiro atoms. The zero-order chi connectivity index (χ0) is 14.7. The molecule has 5 nitrogen and oxygen atoms in total. The lowest BCUT2D eigenvalue weighted by atomic mass is 10.1. The number of aryl methyl sites for hydroxylation is 1. The van der Waals surface area contributed by atoms with Gasteiger partial charge < -0.3 is 0 Å². The Bertz CT molecular complexity index is 731. The van der Waals surface area contributed by atoms with Gasteiger partial charge >= 0.3 is 0 Å². The van der Waals surface area contributed by atoms with Gasteiger partial charge in [-0.1, -0.05) is 25.1 Å². The largest absolute Gasteiger partial charge is 0.264 e. The molecule has 3 aromatic rings. The van der Waals surface area contributed by atoms with Crippen LogP contribution in [-0.4, -0.2) is 24.5 Å². The van der Waals surface area contributed by atoms with E-state index in [4.69, 9.17) is 0 Å². The van der Waals surface area contributed by atoms with Crippen molar-refractivity contribution in [3.8, 4) is 11.1 Å². The van der Waals surface area contributed by atoms with Gasteiger partial charge in [0.25, 0.3) is 0 Å². The molecule has 0 saturated carbocycles. The maximum atomic E-state index is 4.44. The highest BCUT2D eigenvalue weighted by Crippen LogP contribution is 2.24. The summed E-state index contributed by atoms with van der Waals surface area (Å²) in [4.78, 5) is 4.32. The third kappa shape index (κ3) is 3.15. The fourth-order valence-corrected chi connectivity index (χ4v) is 2.94. The van der Waals surface area contributed by atoms with Crippen LogP contribution in [0.1, 0.15) is 19.2 Å². The Hall–Kier alpha value is -1.70. The quantitative estimate of drug-likeness (QED) is 0.626. The summed E-state index contributed by atoms with van der Waals surface area (Å²) in [5.41, 5.74) is 2.33. The minimum Gasteiger partial charge on any atom is -0.264 e. The molecule has 6 heteroatoms. The maximum absolute atomic E-state index is 4.44. The molecule has 1 aromatic carbocycles. The molecule has 21 heavy (non-hydrogen) atoms. The Kier molecular flexibility index (Phi) is 4.33. The van der Waals surface area contributed by atoms with Crippen LogP contribution in [0.4, 0.5) is 0 Å². The van der Waals surface area contributed by atoms with E-state index in [2.05, 4.69) is 63.0 Å². The molecule has 0 saturated heterocycles. The Morgan fingerprint density at radius 1 is 1.19 bits per heavy atom. The Balaban J connectivity index is 1.82. The van der Waals surface area contributed by atoms with Gasteiger partial charge in [-0.05, 0) is 40.6 Å². The summed E-state index contributed by atoms with van der Waals surface area (Å²) in [5.74, 6) is 0.939. The van der Waals surface area contributed by atoms with Crippen LogP contribution in [0, 0.1) is 3.57 Å². The molecule has 0 aliphatic carbocycles. The van der Waals surface area contributed by atoms with Crippen LogP contribution >= 0.6 is 22.6 Å². The molecule has 108 valence electrons. The van der Waals surface area contributed by atoms with Crippen molar-refractivity contribution in [1.82, 2.24) is 24.5 Å². The molecule has 0 bridgehead atoms. The summed E-state index contributed by atoms with van der Waals surface area (Å²) in [6.45, 7) is 3.66. The van der Waals surface area contributed by atoms with E-state index in [9.17, 15) is 0 Å². The van der Waals surface area contributed by atoms with Crippen LogP contribution < -0.4 is 0 Å². The SMILES string of the molecule is CCCn1ncnc1Cn1cc(-c2ccccc2I)cn1. The van der Waals surface area contributed by atoms with Crippen molar-refractivity contribution >= 4 is 22.6 Å². The lowest BCUT2D eigenvalue weighted by Gasteiger charge is -2.04. The van der Waals surface area contributed by atoms with Crippen LogP contribution in [-0.2, 0) is 13.1 Å². The van der Waals surface area contributed by atoms with E-state index >= 15 is 0 Å². The number of hydrogen-bond donors (Lipinski definition) is 0. The van der Waals surface area contributed by atoms with Crippen LogP contribution in [0.5, 0.6) is 0 Å². The van der Waals surface area contributed by atoms with Crippen LogP contribution in [0.3, 0.4) is 0 Å². The van der Waals surface area contributed by atoms with Gasteiger partial charge in [0.15, 0.2) is 0 Å². The molecule has 0 aliphatic rings.